The summed E-state index contributed by atoms with van der Waals surface area (Å²) in [7, 11) is 0. The number of carbonyl (C=O) groups excluding carboxylic acids is 2. The number of hydrogen-bond donors (Lipinski definition) is 2. The van der Waals surface area contributed by atoms with Crippen LogP contribution in [0.2, 0.25) is 0 Å². The molecule has 0 radical (unpaired) electrons. The Kier molecular flexibility index (Phi) is 7.00. The first-order chi connectivity index (χ1) is 11.9. The molecule has 1 aliphatic heterocycles. The predicted octanol–water partition coefficient (Wildman–Crippen LogP) is 2.65. The number of likely N-dealkylation sites (tertiary alicyclic amines) is 1. The molecule has 1 fully saturated rings. The largest absolute Gasteiger partial charge is 0.388 e. The summed E-state index contributed by atoms with van der Waals surface area (Å²) in [4.78, 5) is 26.5. The summed E-state index contributed by atoms with van der Waals surface area (Å²) >= 11 is 0. The number of benzene rings is 1. The monoisotopic (exact) mass is 346 g/mol. The Morgan fingerprint density at radius 1 is 1.32 bits per heavy atom. The molecule has 0 spiro atoms. The second kappa shape index (κ2) is 8.99. The van der Waals surface area contributed by atoms with Crippen molar-refractivity contribution < 1.29 is 14.7 Å². The van der Waals surface area contributed by atoms with Crippen molar-refractivity contribution in [1.82, 2.24) is 10.2 Å². The van der Waals surface area contributed by atoms with E-state index in [1.54, 1.807) is 0 Å². The van der Waals surface area contributed by atoms with E-state index in [0.717, 1.165) is 18.4 Å². The van der Waals surface area contributed by atoms with Crippen LogP contribution in [0.4, 0.5) is 0 Å². The van der Waals surface area contributed by atoms with Gasteiger partial charge in [-0.2, -0.15) is 0 Å². The average molecular weight is 346 g/mol. The Balaban J connectivity index is 1.84. The number of hydrogen-bond acceptors (Lipinski definition) is 3. The van der Waals surface area contributed by atoms with Gasteiger partial charge in [-0.25, -0.2) is 0 Å². The van der Waals surface area contributed by atoms with Gasteiger partial charge in [-0.1, -0.05) is 43.7 Å². The van der Waals surface area contributed by atoms with Gasteiger partial charge >= 0.3 is 0 Å². The van der Waals surface area contributed by atoms with E-state index in [1.807, 2.05) is 49.1 Å². The number of aliphatic hydroxyl groups is 1. The minimum Gasteiger partial charge on any atom is -0.388 e. The molecule has 0 saturated carbocycles. The molecule has 0 bridgehead atoms. The van der Waals surface area contributed by atoms with Gasteiger partial charge in [-0.15, -0.1) is 0 Å². The molecule has 2 amide bonds. The van der Waals surface area contributed by atoms with E-state index in [0.29, 0.717) is 13.0 Å². The SMILES string of the molecule is CCCC(C)N1CC(C(=O)NC(C)CC(O)c2ccccc2)CC1=O. The minimum atomic E-state index is -0.609. The number of nitrogens with one attached hydrogen (secondary N) is 1. The molecule has 0 aromatic heterocycles. The Morgan fingerprint density at radius 3 is 2.64 bits per heavy atom. The Labute approximate surface area is 150 Å². The summed E-state index contributed by atoms with van der Waals surface area (Å²) in [5.74, 6) is -0.312. The van der Waals surface area contributed by atoms with E-state index in [-0.39, 0.29) is 36.2 Å². The van der Waals surface area contributed by atoms with Crippen LogP contribution in [-0.2, 0) is 9.59 Å². The fourth-order valence-electron chi connectivity index (χ4n) is 3.47. The third-order valence-corrected chi connectivity index (χ3v) is 4.92. The van der Waals surface area contributed by atoms with Gasteiger partial charge in [0.05, 0.1) is 12.0 Å². The molecule has 25 heavy (non-hydrogen) atoms. The molecule has 4 atom stereocenters. The van der Waals surface area contributed by atoms with Crippen molar-refractivity contribution in [3.63, 3.8) is 0 Å². The van der Waals surface area contributed by atoms with Gasteiger partial charge in [0.2, 0.25) is 11.8 Å². The molecule has 1 heterocycles. The summed E-state index contributed by atoms with van der Waals surface area (Å²) in [5.41, 5.74) is 0.846. The molecule has 5 heteroatoms. The first kappa shape index (κ1) is 19.4. The van der Waals surface area contributed by atoms with Crippen LogP contribution in [0.15, 0.2) is 30.3 Å². The maximum absolute atomic E-state index is 12.5. The highest BCUT2D eigenvalue weighted by molar-refractivity contribution is 5.89. The Morgan fingerprint density at radius 2 is 2.00 bits per heavy atom. The standard InChI is InChI=1S/C20H30N2O3/c1-4-8-15(3)22-13-17(12-19(22)24)20(25)21-14(2)11-18(23)16-9-6-5-7-10-16/h5-7,9-10,14-15,17-18,23H,4,8,11-13H2,1-3H3,(H,21,25). The van der Waals surface area contributed by atoms with Crippen LogP contribution in [0.5, 0.6) is 0 Å². The normalized spacial score (nSPS) is 21.0. The summed E-state index contributed by atoms with van der Waals surface area (Å²) in [5, 5.41) is 13.2. The fraction of sp³-hybridized carbons (Fsp3) is 0.600. The molecule has 1 saturated heterocycles. The second-order valence-electron chi connectivity index (χ2n) is 7.16. The van der Waals surface area contributed by atoms with Gasteiger partial charge in [0, 0.05) is 25.0 Å². The van der Waals surface area contributed by atoms with Crippen molar-refractivity contribution in [3.8, 4) is 0 Å². The zero-order valence-electron chi connectivity index (χ0n) is 15.4. The lowest BCUT2D eigenvalue weighted by atomic mass is 10.0. The number of amides is 2. The van der Waals surface area contributed by atoms with Crippen LogP contribution in [0, 0.1) is 5.92 Å². The van der Waals surface area contributed by atoms with E-state index >= 15 is 0 Å². The number of rotatable bonds is 8. The molecule has 2 rings (SSSR count). The average Bonchev–Trinajstić information content (AvgIpc) is 2.98. The van der Waals surface area contributed by atoms with Crippen LogP contribution in [-0.4, -0.2) is 40.4 Å². The van der Waals surface area contributed by atoms with Crippen molar-refractivity contribution in [3.05, 3.63) is 35.9 Å². The Hall–Kier alpha value is -1.88. The highest BCUT2D eigenvalue weighted by Crippen LogP contribution is 2.23. The zero-order chi connectivity index (χ0) is 18.4. The molecule has 1 aromatic rings. The van der Waals surface area contributed by atoms with E-state index < -0.39 is 6.10 Å². The first-order valence-electron chi connectivity index (χ1n) is 9.25. The van der Waals surface area contributed by atoms with Crippen molar-refractivity contribution in [1.29, 1.82) is 0 Å². The summed E-state index contributed by atoms with van der Waals surface area (Å²) < 4.78 is 0. The lowest BCUT2D eigenvalue weighted by Gasteiger charge is -2.24. The second-order valence-corrected chi connectivity index (χ2v) is 7.16. The summed E-state index contributed by atoms with van der Waals surface area (Å²) in [6.45, 7) is 6.53. The van der Waals surface area contributed by atoms with E-state index in [2.05, 4.69) is 12.2 Å². The predicted molar refractivity (Wildman–Crippen MR) is 97.8 cm³/mol. The van der Waals surface area contributed by atoms with Crippen LogP contribution in [0.3, 0.4) is 0 Å². The molecule has 138 valence electrons. The van der Waals surface area contributed by atoms with Crippen LogP contribution in [0.25, 0.3) is 0 Å². The highest BCUT2D eigenvalue weighted by Gasteiger charge is 2.36. The maximum Gasteiger partial charge on any atom is 0.225 e. The van der Waals surface area contributed by atoms with Gasteiger partial charge in [0.15, 0.2) is 0 Å². The van der Waals surface area contributed by atoms with Gasteiger partial charge in [-0.05, 0) is 32.3 Å². The third-order valence-electron chi connectivity index (χ3n) is 4.92. The highest BCUT2D eigenvalue weighted by atomic mass is 16.3. The minimum absolute atomic E-state index is 0.0677. The topological polar surface area (TPSA) is 69.6 Å². The number of carbonyl (C=O) groups is 2. The quantitative estimate of drug-likeness (QED) is 0.760. The van der Waals surface area contributed by atoms with Crippen LogP contribution in [0.1, 0.15) is 58.1 Å². The van der Waals surface area contributed by atoms with Crippen molar-refractivity contribution >= 4 is 11.8 Å². The van der Waals surface area contributed by atoms with Gasteiger partial charge in [0.25, 0.3) is 0 Å². The van der Waals surface area contributed by atoms with Crippen molar-refractivity contribution in [2.24, 2.45) is 5.92 Å². The molecule has 2 N–H and O–H groups in total. The van der Waals surface area contributed by atoms with Gasteiger partial charge < -0.3 is 15.3 Å². The Bertz CT molecular complexity index is 576. The fourth-order valence-corrected chi connectivity index (χ4v) is 3.47. The van der Waals surface area contributed by atoms with E-state index in [1.165, 1.54) is 0 Å². The van der Waals surface area contributed by atoms with Gasteiger partial charge in [0.1, 0.15) is 0 Å². The van der Waals surface area contributed by atoms with Crippen LogP contribution >= 0.6 is 0 Å². The maximum atomic E-state index is 12.5. The lowest BCUT2D eigenvalue weighted by Crippen LogP contribution is -2.40. The molecule has 1 aliphatic rings. The van der Waals surface area contributed by atoms with E-state index in [9.17, 15) is 14.7 Å². The zero-order valence-corrected chi connectivity index (χ0v) is 15.4. The van der Waals surface area contributed by atoms with Crippen LogP contribution < -0.4 is 5.32 Å². The molecule has 4 unspecified atom stereocenters. The van der Waals surface area contributed by atoms with E-state index in [4.69, 9.17) is 0 Å². The molecule has 0 aliphatic carbocycles. The number of aliphatic hydroxyl groups excluding tert-OH is 1. The summed E-state index contributed by atoms with van der Waals surface area (Å²) in [6.07, 6.45) is 2.11. The van der Waals surface area contributed by atoms with Gasteiger partial charge in [-0.3, -0.25) is 9.59 Å². The summed E-state index contributed by atoms with van der Waals surface area (Å²) in [6, 6.07) is 9.47. The molecule has 1 aromatic carbocycles. The molecule has 5 nitrogen and oxygen atoms in total. The number of nitrogens with zero attached hydrogens (tertiary/aromatic N) is 1. The smallest absolute Gasteiger partial charge is 0.225 e. The lowest BCUT2D eigenvalue weighted by molar-refractivity contribution is -0.130. The van der Waals surface area contributed by atoms with Crippen molar-refractivity contribution in [2.45, 2.75) is 64.6 Å². The molecular weight excluding hydrogens is 316 g/mol. The molecular formula is C20H30N2O3. The first-order valence-corrected chi connectivity index (χ1v) is 9.25. The third kappa shape index (κ3) is 5.30. The van der Waals surface area contributed by atoms with Crippen molar-refractivity contribution in [2.75, 3.05) is 6.54 Å².